The number of hydrogen-bond donors (Lipinski definition) is 2. The fourth-order valence-corrected chi connectivity index (χ4v) is 1.92. The van der Waals surface area contributed by atoms with Gasteiger partial charge in [0.2, 0.25) is 5.91 Å². The van der Waals surface area contributed by atoms with E-state index in [2.05, 4.69) is 5.32 Å². The van der Waals surface area contributed by atoms with Crippen molar-refractivity contribution >= 4 is 17.5 Å². The molecule has 1 atom stereocenters. The number of aliphatic hydroxyl groups excluding tert-OH is 1. The van der Waals surface area contributed by atoms with Crippen LogP contribution in [0.4, 0.5) is 4.39 Å². The van der Waals surface area contributed by atoms with Crippen LogP contribution in [-0.4, -0.2) is 37.4 Å². The monoisotopic (exact) mass is 289 g/mol. The third kappa shape index (κ3) is 5.14. The second kappa shape index (κ2) is 8.09. The largest absolute Gasteiger partial charge is 0.396 e. The van der Waals surface area contributed by atoms with E-state index in [0.29, 0.717) is 6.42 Å². The number of ether oxygens (including phenoxy) is 1. The summed E-state index contributed by atoms with van der Waals surface area (Å²) in [6, 6.07) is 3.98. The number of methoxy groups -OCH3 is 1. The van der Waals surface area contributed by atoms with Crippen molar-refractivity contribution in [2.24, 2.45) is 0 Å². The zero-order chi connectivity index (χ0) is 14.3. The Bertz CT molecular complexity index is 402. The van der Waals surface area contributed by atoms with Gasteiger partial charge in [0, 0.05) is 24.3 Å². The summed E-state index contributed by atoms with van der Waals surface area (Å²) in [5.74, 6) is -0.865. The van der Waals surface area contributed by atoms with Gasteiger partial charge in [0.1, 0.15) is 5.82 Å². The predicted octanol–water partition coefficient (Wildman–Crippen LogP) is 1.54. The van der Waals surface area contributed by atoms with E-state index in [-0.39, 0.29) is 42.2 Å². The van der Waals surface area contributed by atoms with E-state index in [4.69, 9.17) is 21.4 Å². The first-order valence-corrected chi connectivity index (χ1v) is 6.28. The molecule has 19 heavy (non-hydrogen) atoms. The topological polar surface area (TPSA) is 58.6 Å². The molecule has 6 heteroatoms. The minimum atomic E-state index is -0.506. The first kappa shape index (κ1) is 15.9. The zero-order valence-electron chi connectivity index (χ0n) is 10.7. The molecule has 1 unspecified atom stereocenters. The molecule has 0 aliphatic rings. The first-order chi connectivity index (χ1) is 9.08. The molecule has 0 aromatic heterocycles. The Morgan fingerprint density at radius 1 is 1.58 bits per heavy atom. The first-order valence-electron chi connectivity index (χ1n) is 5.90. The Balaban J connectivity index is 2.63. The third-order valence-electron chi connectivity index (χ3n) is 2.61. The number of aliphatic hydroxyl groups is 1. The number of nitrogens with one attached hydrogen (secondary N) is 1. The summed E-state index contributed by atoms with van der Waals surface area (Å²) in [4.78, 5) is 11.8. The standard InChI is InChI=1S/C13H17ClFNO3/c1-19-8-9(5-6-17)16-13(18)7-10-11(14)3-2-4-12(10)15/h2-4,9,17H,5-8H2,1H3,(H,16,18). The molecule has 0 heterocycles. The maximum Gasteiger partial charge on any atom is 0.224 e. The summed E-state index contributed by atoms with van der Waals surface area (Å²) in [6.07, 6.45) is 0.238. The van der Waals surface area contributed by atoms with Crippen LogP contribution >= 0.6 is 11.6 Å². The molecule has 1 aromatic rings. The lowest BCUT2D eigenvalue weighted by molar-refractivity contribution is -0.121. The molecule has 0 saturated heterocycles. The van der Waals surface area contributed by atoms with Crippen LogP contribution in [0.15, 0.2) is 18.2 Å². The summed E-state index contributed by atoms with van der Waals surface area (Å²) >= 11 is 5.85. The van der Waals surface area contributed by atoms with Gasteiger partial charge >= 0.3 is 0 Å². The van der Waals surface area contributed by atoms with E-state index in [1.54, 1.807) is 0 Å². The van der Waals surface area contributed by atoms with Gasteiger partial charge < -0.3 is 15.2 Å². The molecular weight excluding hydrogens is 273 g/mol. The number of benzene rings is 1. The van der Waals surface area contributed by atoms with Crippen LogP contribution < -0.4 is 5.32 Å². The number of halogens is 2. The van der Waals surface area contributed by atoms with Gasteiger partial charge in [-0.15, -0.1) is 0 Å². The molecule has 0 spiro atoms. The highest BCUT2D eigenvalue weighted by molar-refractivity contribution is 6.31. The fraction of sp³-hybridized carbons (Fsp3) is 0.462. The summed E-state index contributed by atoms with van der Waals surface area (Å²) in [5.41, 5.74) is 0.168. The molecule has 0 fully saturated rings. The summed E-state index contributed by atoms with van der Waals surface area (Å²) in [7, 11) is 1.50. The molecule has 2 N–H and O–H groups in total. The van der Waals surface area contributed by atoms with Crippen LogP contribution in [0.3, 0.4) is 0 Å². The number of amides is 1. The Morgan fingerprint density at radius 2 is 2.32 bits per heavy atom. The molecular formula is C13H17ClFNO3. The number of rotatable bonds is 7. The molecule has 1 rings (SSSR count). The Morgan fingerprint density at radius 3 is 2.89 bits per heavy atom. The van der Waals surface area contributed by atoms with Crippen LogP contribution in [0.2, 0.25) is 5.02 Å². The third-order valence-corrected chi connectivity index (χ3v) is 2.96. The van der Waals surface area contributed by atoms with Crippen LogP contribution in [0.25, 0.3) is 0 Å². The molecule has 1 amide bonds. The van der Waals surface area contributed by atoms with Crippen molar-refractivity contribution in [3.05, 3.63) is 34.6 Å². The van der Waals surface area contributed by atoms with Gasteiger partial charge in [-0.2, -0.15) is 0 Å². The molecule has 0 radical (unpaired) electrons. The normalized spacial score (nSPS) is 12.2. The van der Waals surface area contributed by atoms with Crippen molar-refractivity contribution in [2.75, 3.05) is 20.3 Å². The van der Waals surface area contributed by atoms with Gasteiger partial charge in [0.25, 0.3) is 0 Å². The zero-order valence-corrected chi connectivity index (χ0v) is 11.4. The lowest BCUT2D eigenvalue weighted by Crippen LogP contribution is -2.39. The van der Waals surface area contributed by atoms with Crippen LogP contribution in [0.5, 0.6) is 0 Å². The highest BCUT2D eigenvalue weighted by Crippen LogP contribution is 2.19. The Hall–Kier alpha value is -1.17. The summed E-state index contributed by atoms with van der Waals surface area (Å²) in [6.45, 7) is 0.228. The average Bonchev–Trinajstić information content (AvgIpc) is 2.35. The van der Waals surface area contributed by atoms with Crippen LogP contribution in [0, 0.1) is 5.82 Å². The average molecular weight is 290 g/mol. The Labute approximate surface area is 116 Å². The van der Waals surface area contributed by atoms with E-state index in [9.17, 15) is 9.18 Å². The van der Waals surface area contributed by atoms with Crippen LogP contribution in [0.1, 0.15) is 12.0 Å². The van der Waals surface area contributed by atoms with Crippen LogP contribution in [-0.2, 0) is 16.0 Å². The van der Waals surface area contributed by atoms with Gasteiger partial charge in [-0.1, -0.05) is 17.7 Å². The smallest absolute Gasteiger partial charge is 0.224 e. The highest BCUT2D eigenvalue weighted by atomic mass is 35.5. The van der Waals surface area contributed by atoms with Crippen molar-refractivity contribution < 1.29 is 19.0 Å². The number of carbonyl (C=O) groups excluding carboxylic acids is 1. The van der Waals surface area contributed by atoms with E-state index in [0.717, 1.165) is 0 Å². The van der Waals surface area contributed by atoms with E-state index < -0.39 is 5.82 Å². The maximum atomic E-state index is 13.5. The minimum Gasteiger partial charge on any atom is -0.396 e. The quantitative estimate of drug-likeness (QED) is 0.800. The van der Waals surface area contributed by atoms with Gasteiger partial charge in [-0.05, 0) is 18.6 Å². The molecule has 1 aromatic carbocycles. The lowest BCUT2D eigenvalue weighted by Gasteiger charge is -2.17. The van der Waals surface area contributed by atoms with Crippen molar-refractivity contribution in [1.29, 1.82) is 0 Å². The SMILES string of the molecule is COCC(CCO)NC(=O)Cc1c(F)cccc1Cl. The van der Waals surface area contributed by atoms with E-state index in [1.165, 1.54) is 25.3 Å². The van der Waals surface area contributed by atoms with Gasteiger partial charge in [-0.3, -0.25) is 4.79 Å². The van der Waals surface area contributed by atoms with Gasteiger partial charge in [0.15, 0.2) is 0 Å². The minimum absolute atomic E-state index is 0.0608. The molecule has 0 aliphatic heterocycles. The van der Waals surface area contributed by atoms with E-state index >= 15 is 0 Å². The highest BCUT2D eigenvalue weighted by Gasteiger charge is 2.15. The Kier molecular flexibility index (Phi) is 6.77. The molecule has 0 saturated carbocycles. The van der Waals surface area contributed by atoms with Crippen molar-refractivity contribution in [2.45, 2.75) is 18.9 Å². The number of hydrogen-bond acceptors (Lipinski definition) is 3. The molecule has 0 bridgehead atoms. The number of carbonyl (C=O) groups is 1. The fourth-order valence-electron chi connectivity index (χ4n) is 1.69. The van der Waals surface area contributed by atoms with E-state index in [1.807, 2.05) is 0 Å². The second-order valence-corrected chi connectivity index (χ2v) is 4.52. The molecule has 106 valence electrons. The second-order valence-electron chi connectivity index (χ2n) is 4.11. The molecule has 4 nitrogen and oxygen atoms in total. The summed E-state index contributed by atoms with van der Waals surface area (Å²) < 4.78 is 18.4. The molecule has 0 aliphatic carbocycles. The summed E-state index contributed by atoms with van der Waals surface area (Å²) in [5, 5.41) is 11.8. The predicted molar refractivity (Wildman–Crippen MR) is 70.6 cm³/mol. The van der Waals surface area contributed by atoms with Crippen molar-refractivity contribution in [3.63, 3.8) is 0 Å². The van der Waals surface area contributed by atoms with Crippen molar-refractivity contribution in [3.8, 4) is 0 Å². The van der Waals surface area contributed by atoms with Gasteiger partial charge in [-0.25, -0.2) is 4.39 Å². The van der Waals surface area contributed by atoms with Gasteiger partial charge in [0.05, 0.1) is 19.1 Å². The maximum absolute atomic E-state index is 13.5. The van der Waals surface area contributed by atoms with Crippen molar-refractivity contribution in [1.82, 2.24) is 5.32 Å². The lowest BCUT2D eigenvalue weighted by atomic mass is 10.1.